The zero-order valence-corrected chi connectivity index (χ0v) is 14.1. The van der Waals surface area contributed by atoms with Crippen molar-refractivity contribution in [1.82, 2.24) is 4.90 Å². The molecule has 1 amide bonds. The number of hydrogen-bond donors (Lipinski definition) is 1. The van der Waals surface area contributed by atoms with Crippen molar-refractivity contribution in [1.29, 1.82) is 0 Å². The van der Waals surface area contributed by atoms with Crippen LogP contribution in [0, 0.1) is 12.8 Å². The van der Waals surface area contributed by atoms with Gasteiger partial charge >= 0.3 is 0 Å². The number of hydrogen-bond acceptors (Lipinski definition) is 2. The topological polar surface area (TPSA) is 46.3 Å². The van der Waals surface area contributed by atoms with Gasteiger partial charge in [-0.05, 0) is 57.4 Å². The van der Waals surface area contributed by atoms with Crippen LogP contribution in [0.15, 0.2) is 24.3 Å². The number of likely N-dealkylation sites (tertiary alicyclic amines) is 1. The summed E-state index contributed by atoms with van der Waals surface area (Å²) in [4.78, 5) is 14.1. The molecule has 3 heteroatoms. The number of amides is 1. The van der Waals surface area contributed by atoms with Gasteiger partial charge in [0.15, 0.2) is 0 Å². The molecule has 1 unspecified atom stereocenters. The van der Waals surface area contributed by atoms with Crippen LogP contribution in [0.2, 0.25) is 0 Å². The lowest BCUT2D eigenvalue weighted by atomic mass is 9.90. The normalized spacial score (nSPS) is 17.5. The van der Waals surface area contributed by atoms with E-state index in [-0.39, 0.29) is 11.9 Å². The Hall–Kier alpha value is -1.35. The summed E-state index contributed by atoms with van der Waals surface area (Å²) in [5.74, 6) is 1.05. The summed E-state index contributed by atoms with van der Waals surface area (Å²) in [6.07, 6.45) is 6.10. The molecular formula is C19H30N2O. The largest absolute Gasteiger partial charge is 0.343 e. The van der Waals surface area contributed by atoms with Gasteiger partial charge in [0.2, 0.25) is 5.91 Å². The van der Waals surface area contributed by atoms with Crippen LogP contribution in [0.3, 0.4) is 0 Å². The zero-order chi connectivity index (χ0) is 15.9. The molecule has 3 nitrogen and oxygen atoms in total. The minimum absolute atomic E-state index is 0.121. The van der Waals surface area contributed by atoms with Gasteiger partial charge in [-0.3, -0.25) is 4.79 Å². The first-order valence-electron chi connectivity index (χ1n) is 8.63. The second kappa shape index (κ2) is 8.33. The second-order valence-electron chi connectivity index (χ2n) is 6.86. The molecule has 1 atom stereocenters. The fraction of sp³-hybridized carbons (Fsp3) is 0.632. The Balaban J connectivity index is 1.68. The summed E-state index contributed by atoms with van der Waals surface area (Å²) in [6.45, 7) is 5.94. The Kier molecular flexibility index (Phi) is 6.44. The van der Waals surface area contributed by atoms with Crippen molar-refractivity contribution in [3.05, 3.63) is 35.4 Å². The van der Waals surface area contributed by atoms with Crippen molar-refractivity contribution < 1.29 is 4.79 Å². The summed E-state index contributed by atoms with van der Waals surface area (Å²) in [6, 6.07) is 8.98. The van der Waals surface area contributed by atoms with Crippen molar-refractivity contribution in [2.45, 2.75) is 58.4 Å². The number of nitrogens with two attached hydrogens (primary N) is 1. The highest BCUT2D eigenvalue weighted by atomic mass is 16.2. The van der Waals surface area contributed by atoms with Gasteiger partial charge in [0.05, 0.1) is 0 Å². The molecule has 0 aromatic heterocycles. The van der Waals surface area contributed by atoms with Crippen LogP contribution in [0.5, 0.6) is 0 Å². The zero-order valence-electron chi connectivity index (χ0n) is 14.1. The maximum Gasteiger partial charge on any atom is 0.222 e. The fourth-order valence-corrected chi connectivity index (χ4v) is 3.11. The van der Waals surface area contributed by atoms with E-state index >= 15 is 0 Å². The van der Waals surface area contributed by atoms with E-state index in [9.17, 15) is 4.79 Å². The fourth-order valence-electron chi connectivity index (χ4n) is 3.11. The van der Waals surface area contributed by atoms with Crippen LogP contribution in [0.4, 0.5) is 0 Å². The molecule has 2 rings (SSSR count). The van der Waals surface area contributed by atoms with Gasteiger partial charge in [-0.2, -0.15) is 0 Å². The third-order valence-corrected chi connectivity index (χ3v) is 4.74. The lowest BCUT2D eigenvalue weighted by Gasteiger charge is -2.32. The first-order valence-corrected chi connectivity index (χ1v) is 8.63. The Labute approximate surface area is 134 Å². The van der Waals surface area contributed by atoms with E-state index in [1.165, 1.54) is 17.5 Å². The second-order valence-corrected chi connectivity index (χ2v) is 6.86. The van der Waals surface area contributed by atoms with Crippen molar-refractivity contribution in [3.63, 3.8) is 0 Å². The van der Waals surface area contributed by atoms with E-state index in [1.807, 2.05) is 11.8 Å². The van der Waals surface area contributed by atoms with Gasteiger partial charge < -0.3 is 10.6 Å². The number of carbonyl (C=O) groups is 1. The molecule has 2 N–H and O–H groups in total. The molecule has 0 spiro atoms. The van der Waals surface area contributed by atoms with E-state index in [2.05, 4.69) is 31.2 Å². The molecule has 122 valence electrons. The number of carbonyl (C=O) groups excluding carboxylic acids is 1. The highest BCUT2D eigenvalue weighted by Crippen LogP contribution is 2.23. The summed E-state index contributed by atoms with van der Waals surface area (Å²) < 4.78 is 0. The Morgan fingerprint density at radius 2 is 1.91 bits per heavy atom. The van der Waals surface area contributed by atoms with Gasteiger partial charge in [-0.15, -0.1) is 0 Å². The average molecular weight is 302 g/mol. The molecule has 0 saturated carbocycles. The molecule has 0 bridgehead atoms. The van der Waals surface area contributed by atoms with Gasteiger partial charge in [0.1, 0.15) is 0 Å². The maximum atomic E-state index is 12.1. The number of aryl methyl sites for hydroxylation is 2. The molecule has 1 aromatic rings. The highest BCUT2D eigenvalue weighted by molar-refractivity contribution is 5.76. The van der Waals surface area contributed by atoms with Crippen LogP contribution in [-0.2, 0) is 11.2 Å². The lowest BCUT2D eigenvalue weighted by molar-refractivity contribution is -0.132. The van der Waals surface area contributed by atoms with Gasteiger partial charge in [0.25, 0.3) is 0 Å². The molecule has 22 heavy (non-hydrogen) atoms. The molecule has 1 saturated heterocycles. The standard InChI is InChI=1S/C19H30N2O/c1-15-3-6-17(7-4-15)8-9-18-11-13-21(14-12-18)19(22)10-5-16(2)20/h3-4,6-7,16,18H,5,8-14,20H2,1-2H3. The van der Waals surface area contributed by atoms with Crippen LogP contribution < -0.4 is 5.73 Å². The number of piperidine rings is 1. The molecule has 0 radical (unpaired) electrons. The van der Waals surface area contributed by atoms with Crippen LogP contribution in [0.25, 0.3) is 0 Å². The quantitative estimate of drug-likeness (QED) is 0.876. The Morgan fingerprint density at radius 3 is 2.50 bits per heavy atom. The predicted molar refractivity (Wildman–Crippen MR) is 91.7 cm³/mol. The molecule has 1 aliphatic rings. The summed E-state index contributed by atoms with van der Waals surface area (Å²) in [5, 5.41) is 0. The Bertz CT molecular complexity index is 459. The third kappa shape index (κ3) is 5.45. The van der Waals surface area contributed by atoms with Gasteiger partial charge in [0, 0.05) is 25.6 Å². The summed E-state index contributed by atoms with van der Waals surface area (Å²) in [5.41, 5.74) is 8.48. The molecule has 1 heterocycles. The average Bonchev–Trinajstić information content (AvgIpc) is 2.52. The van der Waals surface area contributed by atoms with E-state index in [0.717, 1.165) is 44.7 Å². The van der Waals surface area contributed by atoms with Crippen LogP contribution >= 0.6 is 0 Å². The van der Waals surface area contributed by atoms with Crippen LogP contribution in [-0.4, -0.2) is 29.9 Å². The first-order chi connectivity index (χ1) is 10.5. The molecule has 1 aromatic carbocycles. The molecule has 1 aliphatic heterocycles. The number of rotatable bonds is 6. The van der Waals surface area contributed by atoms with E-state index in [4.69, 9.17) is 5.73 Å². The molecule has 0 aliphatic carbocycles. The smallest absolute Gasteiger partial charge is 0.222 e. The van der Waals surface area contributed by atoms with E-state index in [0.29, 0.717) is 6.42 Å². The van der Waals surface area contributed by atoms with Crippen molar-refractivity contribution in [3.8, 4) is 0 Å². The summed E-state index contributed by atoms with van der Waals surface area (Å²) >= 11 is 0. The summed E-state index contributed by atoms with van der Waals surface area (Å²) in [7, 11) is 0. The van der Waals surface area contributed by atoms with Gasteiger partial charge in [-0.1, -0.05) is 29.8 Å². The molecular weight excluding hydrogens is 272 g/mol. The Morgan fingerprint density at radius 1 is 1.27 bits per heavy atom. The third-order valence-electron chi connectivity index (χ3n) is 4.74. The minimum Gasteiger partial charge on any atom is -0.343 e. The number of nitrogens with zero attached hydrogens (tertiary/aromatic N) is 1. The van der Waals surface area contributed by atoms with Crippen molar-refractivity contribution in [2.24, 2.45) is 11.7 Å². The first kappa shape index (κ1) is 17.0. The van der Waals surface area contributed by atoms with Crippen LogP contribution in [0.1, 0.15) is 50.2 Å². The SMILES string of the molecule is Cc1ccc(CCC2CCN(C(=O)CCC(C)N)CC2)cc1. The predicted octanol–water partition coefficient (Wildman–Crippen LogP) is 3.29. The lowest BCUT2D eigenvalue weighted by Crippen LogP contribution is -2.39. The van der Waals surface area contributed by atoms with Gasteiger partial charge in [-0.25, -0.2) is 0 Å². The minimum atomic E-state index is 0.121. The van der Waals surface area contributed by atoms with Crippen molar-refractivity contribution >= 4 is 5.91 Å². The van der Waals surface area contributed by atoms with Crippen molar-refractivity contribution in [2.75, 3.05) is 13.1 Å². The van der Waals surface area contributed by atoms with E-state index in [1.54, 1.807) is 0 Å². The monoisotopic (exact) mass is 302 g/mol. The van der Waals surface area contributed by atoms with E-state index < -0.39 is 0 Å². The highest BCUT2D eigenvalue weighted by Gasteiger charge is 2.22. The number of benzene rings is 1. The molecule has 1 fully saturated rings. The maximum absolute atomic E-state index is 12.1.